The maximum Gasteiger partial charge on any atom is 0.237 e. The van der Waals surface area contributed by atoms with E-state index in [1.165, 1.54) is 16.7 Å². The highest BCUT2D eigenvalue weighted by molar-refractivity contribution is 5.79. The minimum Gasteiger partial charge on any atom is -0.330 e. The Morgan fingerprint density at radius 2 is 1.46 bits per heavy atom. The molecule has 1 amide bonds. The predicted molar refractivity (Wildman–Crippen MR) is 113 cm³/mol. The number of amides is 1. The molecule has 2 N–H and O–H groups in total. The summed E-state index contributed by atoms with van der Waals surface area (Å²) in [4.78, 5) is 14.9. The van der Waals surface area contributed by atoms with Gasteiger partial charge in [-0.05, 0) is 41.0 Å². The van der Waals surface area contributed by atoms with Crippen molar-refractivity contribution in [1.82, 2.24) is 4.90 Å². The van der Waals surface area contributed by atoms with Crippen molar-refractivity contribution in [3.63, 3.8) is 0 Å². The van der Waals surface area contributed by atoms with E-state index in [9.17, 15) is 4.79 Å². The van der Waals surface area contributed by atoms with Crippen molar-refractivity contribution < 1.29 is 4.79 Å². The van der Waals surface area contributed by atoms with Gasteiger partial charge in [-0.3, -0.25) is 4.79 Å². The number of rotatable bonds is 6. The molecule has 2 atom stereocenters. The first-order valence-electron chi connectivity index (χ1n) is 9.91. The van der Waals surface area contributed by atoms with Crippen LogP contribution in [0.25, 0.3) is 0 Å². The lowest BCUT2D eigenvalue weighted by molar-refractivity contribution is -0.134. The summed E-state index contributed by atoms with van der Waals surface area (Å²) in [6.45, 7) is 0.616. The lowest BCUT2D eigenvalue weighted by Gasteiger charge is -2.34. The molecule has 1 aliphatic rings. The molecule has 1 aliphatic carbocycles. The summed E-state index contributed by atoms with van der Waals surface area (Å²) in [5.74, 6) is 0.350. The highest BCUT2D eigenvalue weighted by Gasteiger charge is 2.38. The van der Waals surface area contributed by atoms with Gasteiger partial charge in [0.1, 0.15) is 0 Å². The molecular weight excluding hydrogens is 344 g/mol. The fourth-order valence-corrected chi connectivity index (χ4v) is 4.42. The molecule has 3 aromatic rings. The Morgan fingerprint density at radius 3 is 2.14 bits per heavy atom. The van der Waals surface area contributed by atoms with E-state index in [4.69, 9.17) is 5.73 Å². The monoisotopic (exact) mass is 370 g/mol. The van der Waals surface area contributed by atoms with E-state index < -0.39 is 0 Å². The molecule has 3 aromatic carbocycles. The maximum atomic E-state index is 12.9. The van der Waals surface area contributed by atoms with E-state index in [0.717, 1.165) is 18.4 Å². The molecule has 0 spiro atoms. The molecule has 0 saturated carbocycles. The van der Waals surface area contributed by atoms with Gasteiger partial charge in [-0.1, -0.05) is 84.9 Å². The van der Waals surface area contributed by atoms with Gasteiger partial charge >= 0.3 is 0 Å². The van der Waals surface area contributed by atoms with E-state index in [1.54, 1.807) is 0 Å². The molecule has 2 unspecified atom stereocenters. The molecule has 0 radical (unpaired) electrons. The third kappa shape index (κ3) is 3.85. The van der Waals surface area contributed by atoms with Gasteiger partial charge in [0.05, 0.1) is 12.6 Å². The topological polar surface area (TPSA) is 46.3 Å². The first-order valence-corrected chi connectivity index (χ1v) is 9.91. The molecule has 28 heavy (non-hydrogen) atoms. The van der Waals surface area contributed by atoms with Gasteiger partial charge in [0, 0.05) is 6.54 Å². The highest BCUT2D eigenvalue weighted by atomic mass is 16.2. The second-order valence-corrected chi connectivity index (χ2v) is 7.51. The van der Waals surface area contributed by atoms with Crippen molar-refractivity contribution in [2.45, 2.75) is 25.4 Å². The van der Waals surface area contributed by atoms with Gasteiger partial charge in [0.2, 0.25) is 5.91 Å². The smallest absolute Gasteiger partial charge is 0.237 e. The standard InChI is InChI=1S/C25H26N2O/c26-17-24(28)27(18-20-11-5-2-6-12-20)25-22(15-19-9-3-1-4-10-19)16-21-13-7-8-14-23(21)25/h1-14,22,25H,15-18,26H2. The summed E-state index contributed by atoms with van der Waals surface area (Å²) < 4.78 is 0. The van der Waals surface area contributed by atoms with Crippen molar-refractivity contribution in [3.05, 3.63) is 107 Å². The Bertz CT molecular complexity index is 924. The summed E-state index contributed by atoms with van der Waals surface area (Å²) in [5.41, 5.74) is 10.9. The Labute approximate surface area is 166 Å². The zero-order valence-electron chi connectivity index (χ0n) is 16.0. The van der Waals surface area contributed by atoms with E-state index in [1.807, 2.05) is 29.2 Å². The van der Waals surface area contributed by atoms with Gasteiger partial charge in [-0.15, -0.1) is 0 Å². The van der Waals surface area contributed by atoms with Crippen LogP contribution in [0.5, 0.6) is 0 Å². The summed E-state index contributed by atoms with van der Waals surface area (Å²) in [6, 6.07) is 29.3. The van der Waals surface area contributed by atoms with Crippen molar-refractivity contribution in [3.8, 4) is 0 Å². The number of carbonyl (C=O) groups is 1. The molecule has 0 aromatic heterocycles. The minimum atomic E-state index is 0.00335. The number of nitrogens with two attached hydrogens (primary N) is 1. The molecule has 0 fully saturated rings. The van der Waals surface area contributed by atoms with Crippen LogP contribution in [0.4, 0.5) is 0 Å². The predicted octanol–water partition coefficient (Wildman–Crippen LogP) is 4.13. The number of hydrogen-bond acceptors (Lipinski definition) is 2. The number of fused-ring (bicyclic) bond motifs is 1. The Kier molecular flexibility index (Phi) is 5.54. The summed E-state index contributed by atoms with van der Waals surface area (Å²) in [6.07, 6.45) is 1.93. The molecule has 0 saturated heterocycles. The SMILES string of the molecule is NCC(=O)N(Cc1ccccc1)C1c2ccccc2CC1Cc1ccccc1. The molecule has 3 nitrogen and oxygen atoms in total. The minimum absolute atomic E-state index is 0.00335. The average Bonchev–Trinajstić information content (AvgIpc) is 3.10. The van der Waals surface area contributed by atoms with Gasteiger partial charge in [0.25, 0.3) is 0 Å². The van der Waals surface area contributed by atoms with E-state index in [-0.39, 0.29) is 18.5 Å². The van der Waals surface area contributed by atoms with E-state index in [2.05, 4.69) is 60.7 Å². The first kappa shape index (κ1) is 18.5. The van der Waals surface area contributed by atoms with E-state index in [0.29, 0.717) is 12.5 Å². The van der Waals surface area contributed by atoms with Crippen LogP contribution in [-0.2, 0) is 24.2 Å². The Morgan fingerprint density at radius 1 is 0.857 bits per heavy atom. The zero-order chi connectivity index (χ0) is 19.3. The zero-order valence-corrected chi connectivity index (χ0v) is 16.0. The summed E-state index contributed by atoms with van der Waals surface area (Å²) in [5, 5.41) is 0. The quantitative estimate of drug-likeness (QED) is 0.709. The van der Waals surface area contributed by atoms with Gasteiger partial charge in [-0.2, -0.15) is 0 Å². The highest BCUT2D eigenvalue weighted by Crippen LogP contribution is 2.42. The normalized spacial score (nSPS) is 17.9. The third-order valence-corrected chi connectivity index (χ3v) is 5.67. The number of nitrogens with zero attached hydrogens (tertiary/aromatic N) is 1. The number of benzene rings is 3. The molecular formula is C25H26N2O. The van der Waals surface area contributed by atoms with Crippen molar-refractivity contribution in [1.29, 1.82) is 0 Å². The first-order chi connectivity index (χ1) is 13.8. The number of hydrogen-bond donors (Lipinski definition) is 1. The number of carbonyl (C=O) groups excluding carboxylic acids is 1. The van der Waals surface area contributed by atoms with Crippen LogP contribution in [0.2, 0.25) is 0 Å². The van der Waals surface area contributed by atoms with Crippen molar-refractivity contribution >= 4 is 5.91 Å². The van der Waals surface area contributed by atoms with Gasteiger partial charge in [-0.25, -0.2) is 0 Å². The Hall–Kier alpha value is -2.91. The second kappa shape index (κ2) is 8.41. The molecule has 4 rings (SSSR count). The fourth-order valence-electron chi connectivity index (χ4n) is 4.42. The fraction of sp³-hybridized carbons (Fsp3) is 0.240. The largest absolute Gasteiger partial charge is 0.330 e. The van der Waals surface area contributed by atoms with Crippen molar-refractivity contribution in [2.75, 3.05) is 6.54 Å². The lowest BCUT2D eigenvalue weighted by atomic mass is 9.91. The van der Waals surface area contributed by atoms with Crippen LogP contribution in [-0.4, -0.2) is 17.4 Å². The molecule has 0 bridgehead atoms. The lowest BCUT2D eigenvalue weighted by Crippen LogP contribution is -2.40. The molecule has 0 aliphatic heterocycles. The van der Waals surface area contributed by atoms with Crippen LogP contribution < -0.4 is 5.73 Å². The average molecular weight is 370 g/mol. The van der Waals surface area contributed by atoms with Gasteiger partial charge < -0.3 is 10.6 Å². The van der Waals surface area contributed by atoms with Crippen LogP contribution in [0.3, 0.4) is 0 Å². The molecule has 3 heteroatoms. The van der Waals surface area contributed by atoms with Crippen molar-refractivity contribution in [2.24, 2.45) is 11.7 Å². The molecule has 142 valence electrons. The second-order valence-electron chi connectivity index (χ2n) is 7.51. The van der Waals surface area contributed by atoms with Crippen LogP contribution in [0.15, 0.2) is 84.9 Å². The molecule has 0 heterocycles. The van der Waals surface area contributed by atoms with Crippen LogP contribution in [0, 0.1) is 5.92 Å². The maximum absolute atomic E-state index is 12.9. The van der Waals surface area contributed by atoms with E-state index >= 15 is 0 Å². The summed E-state index contributed by atoms with van der Waals surface area (Å²) in [7, 11) is 0. The van der Waals surface area contributed by atoms with Gasteiger partial charge in [0.15, 0.2) is 0 Å². The summed E-state index contributed by atoms with van der Waals surface area (Å²) >= 11 is 0. The third-order valence-electron chi connectivity index (χ3n) is 5.67. The van der Waals surface area contributed by atoms with Crippen LogP contribution >= 0.6 is 0 Å². The Balaban J connectivity index is 1.70. The van der Waals surface area contributed by atoms with Crippen LogP contribution in [0.1, 0.15) is 28.3 Å².